The minimum absolute atomic E-state index is 0.191. The van der Waals surface area contributed by atoms with E-state index in [1.807, 2.05) is 0 Å². The first-order valence-corrected chi connectivity index (χ1v) is 8.25. The fourth-order valence-electron chi connectivity index (χ4n) is 1.46. The Balaban J connectivity index is 2.41. The van der Waals surface area contributed by atoms with Crippen molar-refractivity contribution in [3.63, 3.8) is 0 Å². The van der Waals surface area contributed by atoms with Gasteiger partial charge in [-0.1, -0.05) is 11.6 Å². The molecule has 1 aromatic rings. The number of rotatable bonds is 7. The van der Waals surface area contributed by atoms with Crippen LogP contribution in [0.5, 0.6) is 5.75 Å². The van der Waals surface area contributed by atoms with E-state index in [0.29, 0.717) is 15.7 Å². The Kier molecular flexibility index (Phi) is 7.51. The molecular weight excluding hydrogens is 342 g/mol. The van der Waals surface area contributed by atoms with Gasteiger partial charge in [-0.25, -0.2) is 4.79 Å². The summed E-state index contributed by atoms with van der Waals surface area (Å²) in [6, 6.07) is 4.93. The summed E-state index contributed by atoms with van der Waals surface area (Å²) in [6.45, 7) is 5.86. The van der Waals surface area contributed by atoms with Gasteiger partial charge in [0.1, 0.15) is 18.0 Å². The number of nitrogens with one attached hydrogen (secondary N) is 1. The monoisotopic (exact) mass is 360 g/mol. The molecule has 6 nitrogen and oxygen atoms in total. The standard InChI is InChI=1S/C15H20ClNO5S/c1-15(2,3)22-14(20)17-6-7-21-10-4-5-11(16)12(8-10)23-9-13(18)19/h4-5,8H,6-7,9H2,1-3H3,(H,17,20)(H,18,19)/p-1. The molecule has 0 bridgehead atoms. The molecule has 1 rings (SSSR count). The van der Waals surface area contributed by atoms with Gasteiger partial charge in [0.15, 0.2) is 0 Å². The van der Waals surface area contributed by atoms with Crippen LogP contribution in [0.4, 0.5) is 4.79 Å². The SMILES string of the molecule is CC(C)(C)OC(=O)NCCOc1ccc(Cl)c(SCC(=O)[O-])c1. The highest BCUT2D eigenvalue weighted by molar-refractivity contribution is 8.00. The molecule has 1 N–H and O–H groups in total. The van der Waals surface area contributed by atoms with E-state index in [1.165, 1.54) is 0 Å². The predicted molar refractivity (Wildman–Crippen MR) is 86.9 cm³/mol. The van der Waals surface area contributed by atoms with E-state index in [-0.39, 0.29) is 18.9 Å². The van der Waals surface area contributed by atoms with Gasteiger partial charge in [0.2, 0.25) is 0 Å². The number of thioether (sulfide) groups is 1. The lowest BCUT2D eigenvalue weighted by Crippen LogP contribution is -2.34. The third kappa shape index (κ3) is 8.56. The Labute approximate surface area is 144 Å². The summed E-state index contributed by atoms with van der Waals surface area (Å²) in [5.74, 6) is -0.830. The van der Waals surface area contributed by atoms with Crippen molar-refractivity contribution in [2.75, 3.05) is 18.9 Å². The molecule has 0 spiro atoms. The van der Waals surface area contributed by atoms with E-state index in [9.17, 15) is 14.7 Å². The molecule has 8 heteroatoms. The van der Waals surface area contributed by atoms with Crippen LogP contribution in [0.3, 0.4) is 0 Å². The van der Waals surface area contributed by atoms with Gasteiger partial charge in [0.25, 0.3) is 0 Å². The molecule has 0 atom stereocenters. The van der Waals surface area contributed by atoms with Crippen LogP contribution in [-0.4, -0.2) is 36.6 Å². The van der Waals surface area contributed by atoms with Gasteiger partial charge in [-0.2, -0.15) is 0 Å². The van der Waals surface area contributed by atoms with Gasteiger partial charge >= 0.3 is 6.09 Å². The average Bonchev–Trinajstić information content (AvgIpc) is 2.41. The fraction of sp³-hybridized carbons (Fsp3) is 0.467. The number of carbonyl (C=O) groups excluding carboxylic acids is 2. The maximum Gasteiger partial charge on any atom is 0.407 e. The van der Waals surface area contributed by atoms with Gasteiger partial charge in [-0.05, 0) is 39.0 Å². The molecule has 0 saturated carbocycles. The Hall–Kier alpha value is -1.60. The van der Waals surface area contributed by atoms with Crippen LogP contribution in [0.25, 0.3) is 0 Å². The maximum absolute atomic E-state index is 11.4. The van der Waals surface area contributed by atoms with Crippen molar-refractivity contribution in [1.29, 1.82) is 0 Å². The number of amides is 1. The second-order valence-electron chi connectivity index (χ2n) is 5.53. The van der Waals surface area contributed by atoms with Crippen LogP contribution in [-0.2, 0) is 9.53 Å². The molecule has 0 fully saturated rings. The zero-order valence-electron chi connectivity index (χ0n) is 13.2. The summed E-state index contributed by atoms with van der Waals surface area (Å²) in [4.78, 5) is 22.5. The van der Waals surface area contributed by atoms with Crippen molar-refractivity contribution < 1.29 is 24.2 Å². The zero-order valence-corrected chi connectivity index (χ0v) is 14.8. The van der Waals surface area contributed by atoms with Crippen molar-refractivity contribution in [2.45, 2.75) is 31.3 Å². The van der Waals surface area contributed by atoms with E-state index in [0.717, 1.165) is 11.8 Å². The number of hydrogen-bond donors (Lipinski definition) is 1. The first-order valence-electron chi connectivity index (χ1n) is 6.89. The van der Waals surface area contributed by atoms with Crippen molar-refractivity contribution >= 4 is 35.4 Å². The molecular formula is C15H19ClNO5S-. The van der Waals surface area contributed by atoms with E-state index in [4.69, 9.17) is 21.1 Å². The van der Waals surface area contributed by atoms with Crippen LogP contribution in [0, 0.1) is 0 Å². The number of carboxylic acid groups (broad SMARTS) is 1. The molecule has 1 aromatic carbocycles. The largest absolute Gasteiger partial charge is 0.549 e. The summed E-state index contributed by atoms with van der Waals surface area (Å²) in [5, 5.41) is 13.5. The first-order chi connectivity index (χ1) is 10.7. The van der Waals surface area contributed by atoms with E-state index in [2.05, 4.69) is 5.32 Å². The summed E-state index contributed by atoms with van der Waals surface area (Å²) >= 11 is 7.04. The van der Waals surface area contributed by atoms with Gasteiger partial charge < -0.3 is 24.7 Å². The lowest BCUT2D eigenvalue weighted by Gasteiger charge is -2.19. The number of hydrogen-bond acceptors (Lipinski definition) is 6. The summed E-state index contributed by atoms with van der Waals surface area (Å²) < 4.78 is 10.6. The van der Waals surface area contributed by atoms with E-state index < -0.39 is 17.7 Å². The lowest BCUT2D eigenvalue weighted by atomic mass is 10.2. The molecule has 23 heavy (non-hydrogen) atoms. The van der Waals surface area contributed by atoms with Crippen molar-refractivity contribution in [3.8, 4) is 5.75 Å². The normalized spacial score (nSPS) is 11.0. The smallest absolute Gasteiger partial charge is 0.407 e. The molecule has 0 radical (unpaired) electrons. The zero-order chi connectivity index (χ0) is 17.5. The topological polar surface area (TPSA) is 87.7 Å². The van der Waals surface area contributed by atoms with Crippen molar-refractivity contribution in [2.24, 2.45) is 0 Å². The van der Waals surface area contributed by atoms with Crippen LogP contribution >= 0.6 is 23.4 Å². The van der Waals surface area contributed by atoms with Crippen LogP contribution in [0.1, 0.15) is 20.8 Å². The summed E-state index contributed by atoms with van der Waals surface area (Å²) in [6.07, 6.45) is -0.512. The molecule has 0 unspecified atom stereocenters. The highest BCUT2D eigenvalue weighted by Gasteiger charge is 2.15. The highest BCUT2D eigenvalue weighted by Crippen LogP contribution is 2.30. The molecule has 0 aliphatic carbocycles. The number of aliphatic carboxylic acids is 1. The van der Waals surface area contributed by atoms with E-state index >= 15 is 0 Å². The Morgan fingerprint density at radius 1 is 1.35 bits per heavy atom. The second kappa shape index (κ2) is 8.88. The van der Waals surface area contributed by atoms with Crippen LogP contribution in [0.15, 0.2) is 23.1 Å². The van der Waals surface area contributed by atoms with Crippen molar-refractivity contribution in [1.82, 2.24) is 5.32 Å². The average molecular weight is 361 g/mol. The number of benzene rings is 1. The second-order valence-corrected chi connectivity index (χ2v) is 6.95. The number of halogens is 1. The number of carboxylic acids is 1. The maximum atomic E-state index is 11.4. The van der Waals surface area contributed by atoms with E-state index in [1.54, 1.807) is 39.0 Å². The first kappa shape index (κ1) is 19.4. The molecule has 0 heterocycles. The van der Waals surface area contributed by atoms with Gasteiger partial charge in [-0.3, -0.25) is 0 Å². The Morgan fingerprint density at radius 3 is 2.65 bits per heavy atom. The predicted octanol–water partition coefficient (Wildman–Crippen LogP) is 2.09. The minimum atomic E-state index is -1.17. The number of carbonyl (C=O) groups is 2. The Bertz CT molecular complexity index is 559. The fourth-order valence-corrected chi connectivity index (χ4v) is 2.42. The summed E-state index contributed by atoms with van der Waals surface area (Å²) in [7, 11) is 0. The van der Waals surface area contributed by atoms with Gasteiger partial charge in [0, 0.05) is 10.6 Å². The minimum Gasteiger partial charge on any atom is -0.549 e. The number of alkyl carbamates (subject to hydrolysis) is 1. The molecule has 0 saturated heterocycles. The number of ether oxygens (including phenoxy) is 2. The molecule has 0 aromatic heterocycles. The van der Waals surface area contributed by atoms with Crippen molar-refractivity contribution in [3.05, 3.63) is 23.2 Å². The third-order valence-electron chi connectivity index (χ3n) is 2.29. The summed E-state index contributed by atoms with van der Waals surface area (Å²) in [5.41, 5.74) is -0.549. The third-order valence-corrected chi connectivity index (χ3v) is 3.76. The Morgan fingerprint density at radius 2 is 2.04 bits per heavy atom. The molecule has 0 aliphatic rings. The quantitative estimate of drug-likeness (QED) is 0.591. The van der Waals surface area contributed by atoms with Gasteiger partial charge in [0.05, 0.1) is 17.5 Å². The molecule has 0 aliphatic heterocycles. The highest BCUT2D eigenvalue weighted by atomic mass is 35.5. The van der Waals surface area contributed by atoms with Crippen LogP contribution < -0.4 is 15.2 Å². The lowest BCUT2D eigenvalue weighted by molar-refractivity contribution is -0.301. The van der Waals surface area contributed by atoms with Crippen LogP contribution in [0.2, 0.25) is 5.02 Å². The van der Waals surface area contributed by atoms with Gasteiger partial charge in [-0.15, -0.1) is 11.8 Å². The molecule has 128 valence electrons. The molecule has 1 amide bonds.